The van der Waals surface area contributed by atoms with Crippen molar-refractivity contribution in [2.75, 3.05) is 6.54 Å². The molecule has 0 saturated heterocycles. The van der Waals surface area contributed by atoms with Gasteiger partial charge in [0, 0.05) is 6.54 Å². The molecule has 1 N–H and O–H groups in total. The second-order valence-electron chi connectivity index (χ2n) is 6.04. The molecule has 6 heteroatoms. The Morgan fingerprint density at radius 2 is 1.78 bits per heavy atom. The van der Waals surface area contributed by atoms with Crippen molar-refractivity contribution in [3.8, 4) is 0 Å². The van der Waals surface area contributed by atoms with Gasteiger partial charge in [-0.3, -0.25) is 4.79 Å². The van der Waals surface area contributed by atoms with Crippen molar-refractivity contribution in [2.45, 2.75) is 62.8 Å². The van der Waals surface area contributed by atoms with Gasteiger partial charge >= 0.3 is 5.97 Å². The van der Waals surface area contributed by atoms with E-state index in [1.165, 1.54) is 23.6 Å². The van der Waals surface area contributed by atoms with E-state index in [0.717, 1.165) is 19.3 Å². The zero-order valence-electron chi connectivity index (χ0n) is 13.6. The lowest BCUT2D eigenvalue weighted by molar-refractivity contribution is -0.138. The lowest BCUT2D eigenvalue weighted by atomic mass is 10.0. The molecule has 2 rings (SSSR count). The van der Waals surface area contributed by atoms with Gasteiger partial charge in [0.1, 0.15) is 0 Å². The summed E-state index contributed by atoms with van der Waals surface area (Å²) < 4.78 is 26.7. The van der Waals surface area contributed by atoms with E-state index in [1.807, 2.05) is 0 Å². The van der Waals surface area contributed by atoms with Crippen molar-refractivity contribution in [3.63, 3.8) is 0 Å². The molecule has 0 aliphatic carbocycles. The largest absolute Gasteiger partial charge is 0.481 e. The number of fused-ring (bicyclic) bond motifs is 1. The van der Waals surface area contributed by atoms with Gasteiger partial charge in [0.25, 0.3) is 0 Å². The van der Waals surface area contributed by atoms with Gasteiger partial charge in [0.2, 0.25) is 10.0 Å². The third-order valence-electron chi connectivity index (χ3n) is 4.31. The molecule has 0 unspecified atom stereocenters. The van der Waals surface area contributed by atoms with E-state index >= 15 is 0 Å². The van der Waals surface area contributed by atoms with Gasteiger partial charge in [-0.1, -0.05) is 57.2 Å². The normalized spacial score (nSPS) is 19.6. The first-order chi connectivity index (χ1) is 11.0. The fourth-order valence-electron chi connectivity index (χ4n) is 3.14. The maximum absolute atomic E-state index is 12.7. The predicted molar refractivity (Wildman–Crippen MR) is 88.7 cm³/mol. The molecule has 1 atom stereocenters. The maximum Gasteiger partial charge on any atom is 0.305 e. The first-order valence-corrected chi connectivity index (χ1v) is 9.75. The highest BCUT2D eigenvalue weighted by molar-refractivity contribution is 7.89. The summed E-state index contributed by atoms with van der Waals surface area (Å²) in [5, 5.41) is 9.13. The quantitative estimate of drug-likeness (QED) is 0.698. The summed E-state index contributed by atoms with van der Waals surface area (Å²) in [7, 11) is -3.57. The van der Waals surface area contributed by atoms with Crippen LogP contribution in [0.5, 0.6) is 0 Å². The second-order valence-corrected chi connectivity index (χ2v) is 7.89. The summed E-state index contributed by atoms with van der Waals surface area (Å²) in [6.45, 7) is 2.55. The van der Waals surface area contributed by atoms with Crippen LogP contribution in [0.4, 0.5) is 0 Å². The van der Waals surface area contributed by atoms with Crippen molar-refractivity contribution < 1.29 is 18.3 Å². The van der Waals surface area contributed by atoms with Crippen LogP contribution in [0.1, 0.15) is 63.5 Å². The highest BCUT2D eigenvalue weighted by Crippen LogP contribution is 2.41. The Labute approximate surface area is 138 Å². The van der Waals surface area contributed by atoms with Crippen molar-refractivity contribution in [3.05, 3.63) is 29.8 Å². The van der Waals surface area contributed by atoms with Crippen molar-refractivity contribution >= 4 is 16.0 Å². The predicted octanol–water partition coefficient (Wildman–Crippen LogP) is 3.57. The third-order valence-corrected chi connectivity index (χ3v) is 6.29. The topological polar surface area (TPSA) is 74.7 Å². The van der Waals surface area contributed by atoms with Crippen LogP contribution >= 0.6 is 0 Å². The number of carboxylic acid groups (broad SMARTS) is 1. The Hall–Kier alpha value is -1.40. The molecule has 0 amide bonds. The Morgan fingerprint density at radius 3 is 2.48 bits per heavy atom. The van der Waals surface area contributed by atoms with Gasteiger partial charge in [-0.15, -0.1) is 0 Å². The molecule has 0 radical (unpaired) electrons. The number of aliphatic carboxylic acids is 1. The summed E-state index contributed by atoms with van der Waals surface area (Å²) in [6.07, 6.45) is 6.20. The molecule has 0 saturated carbocycles. The van der Waals surface area contributed by atoms with Gasteiger partial charge in [-0.05, 0) is 18.1 Å². The molecule has 1 aromatic rings. The Kier molecular flexibility index (Phi) is 6.18. The molecule has 0 aromatic heterocycles. The number of hydrogen-bond acceptors (Lipinski definition) is 3. The molecule has 0 bridgehead atoms. The van der Waals surface area contributed by atoms with Gasteiger partial charge < -0.3 is 5.11 Å². The van der Waals surface area contributed by atoms with Crippen molar-refractivity contribution in [1.82, 2.24) is 4.31 Å². The fraction of sp³-hybridized carbons (Fsp3) is 0.588. The lowest BCUT2D eigenvalue weighted by Crippen LogP contribution is -2.30. The summed E-state index contributed by atoms with van der Waals surface area (Å²) in [6, 6.07) is 6.16. The fourth-order valence-corrected chi connectivity index (χ4v) is 5.04. The number of unbranched alkanes of at least 4 members (excludes halogenated alkanes) is 5. The number of nitrogens with zero attached hydrogens (tertiary/aromatic N) is 1. The Morgan fingerprint density at radius 1 is 1.13 bits per heavy atom. The monoisotopic (exact) mass is 339 g/mol. The van der Waals surface area contributed by atoms with E-state index in [-0.39, 0.29) is 11.3 Å². The number of rotatable bonds is 9. The van der Waals surface area contributed by atoms with Gasteiger partial charge in [-0.2, -0.15) is 4.31 Å². The molecule has 1 aliphatic rings. The molecule has 5 nitrogen and oxygen atoms in total. The number of sulfonamides is 1. The smallest absolute Gasteiger partial charge is 0.305 e. The van der Waals surface area contributed by atoms with Crippen LogP contribution in [-0.4, -0.2) is 30.3 Å². The van der Waals surface area contributed by atoms with Crippen LogP contribution in [0, 0.1) is 0 Å². The number of benzene rings is 1. The third kappa shape index (κ3) is 4.12. The summed E-state index contributed by atoms with van der Waals surface area (Å²) in [5.74, 6) is -0.977. The number of carboxylic acids is 1. The SMILES string of the molecule is CCCCCCCCN1[C@@H](CC(=O)O)c2ccccc2S1(=O)=O. The molecule has 23 heavy (non-hydrogen) atoms. The lowest BCUT2D eigenvalue weighted by Gasteiger charge is -2.22. The first kappa shape index (κ1) is 17.9. The van der Waals surface area contributed by atoms with Crippen LogP contribution in [0.2, 0.25) is 0 Å². The molecule has 1 aliphatic heterocycles. The molecule has 1 heterocycles. The standard InChI is InChI=1S/C17H25NO4S/c1-2-3-4-5-6-9-12-18-15(13-17(19)20)14-10-7-8-11-16(14)23(18,21)22/h7-8,10-11,15H,2-6,9,12-13H2,1H3,(H,19,20)/t15-/m0/s1. The number of hydrogen-bond donors (Lipinski definition) is 1. The average molecular weight is 339 g/mol. The summed E-state index contributed by atoms with van der Waals surface area (Å²) in [4.78, 5) is 11.4. The Balaban J connectivity index is 2.09. The van der Waals surface area contributed by atoms with Crippen LogP contribution in [0.25, 0.3) is 0 Å². The molecule has 1 aromatic carbocycles. The van der Waals surface area contributed by atoms with E-state index in [0.29, 0.717) is 12.1 Å². The zero-order valence-corrected chi connectivity index (χ0v) is 14.4. The van der Waals surface area contributed by atoms with Crippen molar-refractivity contribution in [1.29, 1.82) is 0 Å². The van der Waals surface area contributed by atoms with Gasteiger partial charge in [0.05, 0.1) is 17.4 Å². The van der Waals surface area contributed by atoms with Crippen LogP contribution in [0.3, 0.4) is 0 Å². The second kappa shape index (κ2) is 7.93. The molecule has 0 fully saturated rings. The molecule has 128 valence electrons. The van der Waals surface area contributed by atoms with E-state index in [9.17, 15) is 13.2 Å². The first-order valence-electron chi connectivity index (χ1n) is 8.31. The Bertz CT molecular complexity index is 642. The number of carbonyl (C=O) groups is 1. The highest BCUT2D eigenvalue weighted by atomic mass is 32.2. The van der Waals surface area contributed by atoms with E-state index in [4.69, 9.17) is 5.11 Å². The minimum Gasteiger partial charge on any atom is -0.481 e. The van der Waals surface area contributed by atoms with Crippen LogP contribution in [-0.2, 0) is 14.8 Å². The van der Waals surface area contributed by atoms with E-state index in [1.54, 1.807) is 24.3 Å². The summed E-state index contributed by atoms with van der Waals surface area (Å²) in [5.41, 5.74) is 0.612. The minimum atomic E-state index is -3.57. The highest BCUT2D eigenvalue weighted by Gasteiger charge is 2.42. The van der Waals surface area contributed by atoms with Gasteiger partial charge in [0.15, 0.2) is 0 Å². The maximum atomic E-state index is 12.7. The van der Waals surface area contributed by atoms with Gasteiger partial charge in [-0.25, -0.2) is 8.42 Å². The van der Waals surface area contributed by atoms with Crippen LogP contribution < -0.4 is 0 Å². The summed E-state index contributed by atoms with van der Waals surface area (Å²) >= 11 is 0. The van der Waals surface area contributed by atoms with E-state index < -0.39 is 22.0 Å². The van der Waals surface area contributed by atoms with Crippen molar-refractivity contribution in [2.24, 2.45) is 0 Å². The molecule has 0 spiro atoms. The zero-order chi connectivity index (χ0) is 16.9. The minimum absolute atomic E-state index is 0.188. The van der Waals surface area contributed by atoms with E-state index in [2.05, 4.69) is 6.92 Å². The molecular weight excluding hydrogens is 314 g/mol. The van der Waals surface area contributed by atoms with Crippen LogP contribution in [0.15, 0.2) is 29.2 Å². The average Bonchev–Trinajstić information content (AvgIpc) is 2.71. The molecular formula is C17H25NO4S.